The van der Waals surface area contributed by atoms with Gasteiger partial charge < -0.3 is 5.32 Å². The summed E-state index contributed by atoms with van der Waals surface area (Å²) >= 11 is 0. The van der Waals surface area contributed by atoms with Crippen molar-refractivity contribution in [3.8, 4) is 6.07 Å². The van der Waals surface area contributed by atoms with Crippen LogP contribution in [-0.4, -0.2) is 12.6 Å². The molecule has 18 heavy (non-hydrogen) atoms. The molecule has 1 aliphatic carbocycles. The van der Waals surface area contributed by atoms with Crippen molar-refractivity contribution in [2.45, 2.75) is 45.1 Å². The number of nitrogens with one attached hydrogen (secondary N) is 1. The van der Waals surface area contributed by atoms with Gasteiger partial charge in [-0.1, -0.05) is 44.2 Å². The van der Waals surface area contributed by atoms with Crippen molar-refractivity contribution in [3.63, 3.8) is 0 Å². The zero-order chi connectivity index (χ0) is 13.0. The summed E-state index contributed by atoms with van der Waals surface area (Å²) in [5, 5.41) is 12.8. The van der Waals surface area contributed by atoms with Gasteiger partial charge >= 0.3 is 0 Å². The van der Waals surface area contributed by atoms with Crippen LogP contribution in [0.15, 0.2) is 30.3 Å². The zero-order valence-electron chi connectivity index (χ0n) is 11.3. The summed E-state index contributed by atoms with van der Waals surface area (Å²) in [4.78, 5) is 0. The van der Waals surface area contributed by atoms with Gasteiger partial charge in [0.15, 0.2) is 0 Å². The lowest BCUT2D eigenvalue weighted by Gasteiger charge is -2.19. The maximum Gasteiger partial charge on any atom is 0.0837 e. The van der Waals surface area contributed by atoms with Crippen LogP contribution in [0.5, 0.6) is 0 Å². The fourth-order valence-corrected chi connectivity index (χ4v) is 2.82. The van der Waals surface area contributed by atoms with Crippen molar-refractivity contribution in [1.29, 1.82) is 5.26 Å². The molecule has 0 aromatic heterocycles. The monoisotopic (exact) mass is 242 g/mol. The maximum atomic E-state index is 9.27. The molecule has 96 valence electrons. The molecule has 1 fully saturated rings. The zero-order valence-corrected chi connectivity index (χ0v) is 11.3. The molecule has 1 saturated carbocycles. The summed E-state index contributed by atoms with van der Waals surface area (Å²) in [6, 6.07) is 13.0. The molecular formula is C16H22N2. The minimum absolute atomic E-state index is 0.0325. The highest BCUT2D eigenvalue weighted by molar-refractivity contribution is 5.25. The van der Waals surface area contributed by atoms with Crippen LogP contribution in [0, 0.1) is 16.7 Å². The molecule has 2 nitrogen and oxygen atoms in total. The first kappa shape index (κ1) is 13.1. The smallest absolute Gasteiger partial charge is 0.0837 e. The van der Waals surface area contributed by atoms with Gasteiger partial charge in [0.25, 0.3) is 0 Å². The molecule has 0 bridgehead atoms. The number of rotatable bonds is 4. The number of nitrogens with zero attached hydrogens (tertiary/aromatic N) is 1. The Labute approximate surface area is 110 Å². The molecule has 2 rings (SSSR count). The Bertz CT molecular complexity index is 416. The summed E-state index contributed by atoms with van der Waals surface area (Å²) in [5.74, 6) is -0.0325. The molecule has 2 heteroatoms. The fourth-order valence-electron chi connectivity index (χ4n) is 2.82. The summed E-state index contributed by atoms with van der Waals surface area (Å²) in [7, 11) is 0. The predicted octanol–water partition coefficient (Wildman–Crippen LogP) is 3.46. The van der Waals surface area contributed by atoms with Crippen molar-refractivity contribution in [3.05, 3.63) is 35.9 Å². The first-order valence-electron chi connectivity index (χ1n) is 6.79. The molecule has 0 aliphatic heterocycles. The molecule has 1 aromatic carbocycles. The van der Waals surface area contributed by atoms with Gasteiger partial charge in [-0.25, -0.2) is 0 Å². The second kappa shape index (κ2) is 5.54. The highest BCUT2D eigenvalue weighted by Gasteiger charge is 2.30. The highest BCUT2D eigenvalue weighted by Crippen LogP contribution is 2.37. The van der Waals surface area contributed by atoms with Gasteiger partial charge in [0.1, 0.15) is 0 Å². The summed E-state index contributed by atoms with van der Waals surface area (Å²) in [6.45, 7) is 5.42. The number of nitriles is 1. The van der Waals surface area contributed by atoms with Crippen molar-refractivity contribution in [1.82, 2.24) is 5.32 Å². The second-order valence-electron chi connectivity index (χ2n) is 6.10. The molecule has 2 atom stereocenters. The summed E-state index contributed by atoms with van der Waals surface area (Å²) < 4.78 is 0. The van der Waals surface area contributed by atoms with Gasteiger partial charge in [-0.15, -0.1) is 0 Å². The third kappa shape index (κ3) is 3.34. The van der Waals surface area contributed by atoms with Crippen LogP contribution in [0.4, 0.5) is 0 Å². The minimum Gasteiger partial charge on any atom is -0.312 e. The van der Waals surface area contributed by atoms with E-state index in [1.807, 2.05) is 30.3 Å². The molecule has 1 aromatic rings. The SMILES string of the molecule is CC1(C)CCC(NCC(C#N)c2ccccc2)C1. The van der Waals surface area contributed by atoms with Crippen molar-refractivity contribution >= 4 is 0 Å². The topological polar surface area (TPSA) is 35.8 Å². The normalized spacial score (nSPS) is 23.5. The van der Waals surface area contributed by atoms with E-state index in [0.29, 0.717) is 11.5 Å². The van der Waals surface area contributed by atoms with Crippen molar-refractivity contribution < 1.29 is 0 Å². The lowest BCUT2D eigenvalue weighted by atomic mass is 9.91. The fraction of sp³-hybridized carbons (Fsp3) is 0.562. The molecule has 0 saturated heterocycles. The Balaban J connectivity index is 1.88. The molecule has 1 aliphatic rings. The highest BCUT2D eigenvalue weighted by atomic mass is 14.9. The van der Waals surface area contributed by atoms with E-state index in [4.69, 9.17) is 0 Å². The van der Waals surface area contributed by atoms with Crippen molar-refractivity contribution in [2.24, 2.45) is 5.41 Å². The molecule has 0 radical (unpaired) electrons. The van der Waals surface area contributed by atoms with Gasteiger partial charge in [-0.05, 0) is 30.2 Å². The lowest BCUT2D eigenvalue weighted by Crippen LogP contribution is -2.31. The van der Waals surface area contributed by atoms with Gasteiger partial charge in [-0.2, -0.15) is 5.26 Å². The Morgan fingerprint density at radius 3 is 2.67 bits per heavy atom. The Kier molecular flexibility index (Phi) is 4.04. The number of hydrogen-bond acceptors (Lipinski definition) is 2. The maximum absolute atomic E-state index is 9.27. The van der Waals surface area contributed by atoms with Crippen LogP contribution in [0.2, 0.25) is 0 Å². The third-order valence-corrected chi connectivity index (χ3v) is 3.94. The molecule has 0 heterocycles. The van der Waals surface area contributed by atoms with E-state index in [2.05, 4.69) is 25.2 Å². The van der Waals surface area contributed by atoms with Crippen molar-refractivity contribution in [2.75, 3.05) is 6.54 Å². The van der Waals surface area contributed by atoms with Crippen LogP contribution in [-0.2, 0) is 0 Å². The average molecular weight is 242 g/mol. The van der Waals surface area contributed by atoms with E-state index >= 15 is 0 Å². The predicted molar refractivity (Wildman–Crippen MR) is 74.2 cm³/mol. The minimum atomic E-state index is -0.0325. The molecule has 1 N–H and O–H groups in total. The van der Waals surface area contributed by atoms with Gasteiger partial charge in [0.05, 0.1) is 12.0 Å². The van der Waals surface area contributed by atoms with E-state index in [1.54, 1.807) is 0 Å². The standard InChI is InChI=1S/C16H22N2/c1-16(2)9-8-15(10-16)18-12-14(11-17)13-6-4-3-5-7-13/h3-7,14-15,18H,8-10,12H2,1-2H3. The molecular weight excluding hydrogens is 220 g/mol. The second-order valence-corrected chi connectivity index (χ2v) is 6.10. The average Bonchev–Trinajstić information content (AvgIpc) is 2.71. The van der Waals surface area contributed by atoms with Crippen LogP contribution in [0.3, 0.4) is 0 Å². The number of hydrogen-bond donors (Lipinski definition) is 1. The largest absolute Gasteiger partial charge is 0.312 e. The van der Waals surface area contributed by atoms with E-state index in [-0.39, 0.29) is 5.92 Å². The van der Waals surface area contributed by atoms with Gasteiger partial charge in [0.2, 0.25) is 0 Å². The van der Waals surface area contributed by atoms with Crippen LogP contribution in [0.25, 0.3) is 0 Å². The van der Waals surface area contributed by atoms with Crippen LogP contribution in [0.1, 0.15) is 44.6 Å². The molecule has 0 spiro atoms. The molecule has 2 unspecified atom stereocenters. The Hall–Kier alpha value is -1.33. The van der Waals surface area contributed by atoms with E-state index in [1.165, 1.54) is 19.3 Å². The third-order valence-electron chi connectivity index (χ3n) is 3.94. The summed E-state index contributed by atoms with van der Waals surface area (Å²) in [5.41, 5.74) is 1.58. The number of benzene rings is 1. The van der Waals surface area contributed by atoms with Gasteiger partial charge in [0, 0.05) is 12.6 Å². The van der Waals surface area contributed by atoms with E-state index in [9.17, 15) is 5.26 Å². The first-order valence-corrected chi connectivity index (χ1v) is 6.79. The lowest BCUT2D eigenvalue weighted by molar-refractivity contribution is 0.364. The van der Waals surface area contributed by atoms with Gasteiger partial charge in [-0.3, -0.25) is 0 Å². The Morgan fingerprint density at radius 2 is 2.11 bits per heavy atom. The summed E-state index contributed by atoms with van der Waals surface area (Å²) in [6.07, 6.45) is 3.74. The first-order chi connectivity index (χ1) is 8.61. The van der Waals surface area contributed by atoms with E-state index < -0.39 is 0 Å². The quantitative estimate of drug-likeness (QED) is 0.877. The van der Waals surface area contributed by atoms with Crippen LogP contribution < -0.4 is 5.32 Å². The Morgan fingerprint density at radius 1 is 1.39 bits per heavy atom. The molecule has 0 amide bonds. The van der Waals surface area contributed by atoms with E-state index in [0.717, 1.165) is 12.1 Å². The van der Waals surface area contributed by atoms with Crippen LogP contribution >= 0.6 is 0 Å².